The monoisotopic (exact) mass is 440 g/mol. The van der Waals surface area contributed by atoms with Gasteiger partial charge in [-0.1, -0.05) is 48.2 Å². The molecule has 0 aliphatic carbocycles. The molecule has 2 amide bonds. The molecule has 1 saturated heterocycles. The van der Waals surface area contributed by atoms with Crippen LogP contribution in [0.2, 0.25) is 0 Å². The summed E-state index contributed by atoms with van der Waals surface area (Å²) in [7, 11) is 1.61. The minimum Gasteiger partial charge on any atom is -0.497 e. The van der Waals surface area contributed by atoms with Crippen LogP contribution in [0.25, 0.3) is 6.08 Å². The van der Waals surface area contributed by atoms with Crippen LogP contribution in [0.4, 0.5) is 5.69 Å². The fourth-order valence-electron chi connectivity index (χ4n) is 3.07. The van der Waals surface area contributed by atoms with Crippen LogP contribution in [-0.2, 0) is 9.59 Å². The maximum absolute atomic E-state index is 12.7. The molecule has 1 aliphatic rings. The van der Waals surface area contributed by atoms with Gasteiger partial charge in [0.2, 0.25) is 5.91 Å². The van der Waals surface area contributed by atoms with Gasteiger partial charge in [0.05, 0.1) is 12.0 Å². The van der Waals surface area contributed by atoms with Crippen molar-refractivity contribution in [2.45, 2.75) is 26.7 Å². The Bertz CT molecular complexity index is 1020. The van der Waals surface area contributed by atoms with Crippen molar-refractivity contribution < 1.29 is 14.3 Å². The summed E-state index contributed by atoms with van der Waals surface area (Å²) in [4.78, 5) is 27.2. The van der Waals surface area contributed by atoms with E-state index >= 15 is 0 Å². The fourth-order valence-corrected chi connectivity index (χ4v) is 4.38. The first-order chi connectivity index (χ1) is 14.4. The van der Waals surface area contributed by atoms with Gasteiger partial charge in [-0.05, 0) is 61.2 Å². The van der Waals surface area contributed by atoms with Crippen molar-refractivity contribution in [3.63, 3.8) is 0 Å². The Morgan fingerprint density at radius 3 is 2.77 bits per heavy atom. The second kappa shape index (κ2) is 9.91. The Labute approximate surface area is 186 Å². The molecule has 0 radical (unpaired) electrons. The predicted molar refractivity (Wildman–Crippen MR) is 127 cm³/mol. The van der Waals surface area contributed by atoms with E-state index in [9.17, 15) is 9.59 Å². The molecule has 7 heteroatoms. The number of aryl methyl sites for hydroxylation is 1. The van der Waals surface area contributed by atoms with Gasteiger partial charge in [-0.25, -0.2) is 0 Å². The molecule has 1 fully saturated rings. The topological polar surface area (TPSA) is 58.6 Å². The van der Waals surface area contributed by atoms with Crippen LogP contribution in [0.1, 0.15) is 29.5 Å². The van der Waals surface area contributed by atoms with E-state index < -0.39 is 0 Å². The molecular formula is C23H24N2O3S2. The smallest absolute Gasteiger partial charge is 0.266 e. The highest BCUT2D eigenvalue weighted by atomic mass is 32.2. The standard InChI is InChI=1S/C23H24N2O3S2/c1-15-7-4-10-19(16(15)2)24-21(26)11-6-12-25-22(27)20(30-23(25)29)14-17-8-5-9-18(13-17)28-3/h4-5,7-10,13-14H,6,11-12H2,1-3H3,(H,24,26). The maximum Gasteiger partial charge on any atom is 0.266 e. The first-order valence-corrected chi connectivity index (χ1v) is 10.9. The first kappa shape index (κ1) is 22.1. The van der Waals surface area contributed by atoms with Crippen molar-refractivity contribution in [2.75, 3.05) is 19.0 Å². The SMILES string of the molecule is COc1cccc(C=C2SC(=S)N(CCCC(=O)Nc3cccc(C)c3C)C2=O)c1. The van der Waals surface area contributed by atoms with Gasteiger partial charge in [0, 0.05) is 18.7 Å². The zero-order valence-electron chi connectivity index (χ0n) is 17.2. The maximum atomic E-state index is 12.7. The average molecular weight is 441 g/mol. The van der Waals surface area contributed by atoms with E-state index in [0.717, 1.165) is 28.1 Å². The molecule has 1 heterocycles. The van der Waals surface area contributed by atoms with Gasteiger partial charge >= 0.3 is 0 Å². The Morgan fingerprint density at radius 1 is 1.23 bits per heavy atom. The summed E-state index contributed by atoms with van der Waals surface area (Å²) >= 11 is 6.66. The number of thioether (sulfide) groups is 1. The Kier molecular flexibility index (Phi) is 7.29. The summed E-state index contributed by atoms with van der Waals surface area (Å²) in [5.74, 6) is 0.540. The summed E-state index contributed by atoms with van der Waals surface area (Å²) < 4.78 is 5.74. The van der Waals surface area contributed by atoms with E-state index in [1.54, 1.807) is 12.0 Å². The highest BCUT2D eigenvalue weighted by Gasteiger charge is 2.31. The van der Waals surface area contributed by atoms with E-state index in [0.29, 0.717) is 28.6 Å². The summed E-state index contributed by atoms with van der Waals surface area (Å²) in [5.41, 5.74) is 3.90. The second-order valence-corrected chi connectivity index (χ2v) is 8.68. The molecule has 30 heavy (non-hydrogen) atoms. The van der Waals surface area contributed by atoms with Crippen LogP contribution in [0.15, 0.2) is 47.4 Å². The summed E-state index contributed by atoms with van der Waals surface area (Å²) in [5, 5.41) is 2.95. The molecule has 0 bridgehead atoms. The third kappa shape index (κ3) is 5.29. The molecular weight excluding hydrogens is 416 g/mol. The van der Waals surface area contributed by atoms with Gasteiger partial charge in [-0.15, -0.1) is 0 Å². The van der Waals surface area contributed by atoms with Crippen molar-refractivity contribution in [3.05, 3.63) is 64.1 Å². The number of hydrogen-bond acceptors (Lipinski definition) is 5. The molecule has 2 aromatic rings. The number of nitrogens with one attached hydrogen (secondary N) is 1. The third-order valence-corrected chi connectivity index (χ3v) is 6.31. The number of carbonyl (C=O) groups is 2. The van der Waals surface area contributed by atoms with E-state index in [1.807, 2.05) is 62.4 Å². The number of hydrogen-bond donors (Lipinski definition) is 1. The normalized spacial score (nSPS) is 15.0. The molecule has 3 rings (SSSR count). The second-order valence-electron chi connectivity index (χ2n) is 7.01. The molecule has 0 unspecified atom stereocenters. The zero-order chi connectivity index (χ0) is 21.7. The fraction of sp³-hybridized carbons (Fsp3) is 0.261. The number of anilines is 1. The van der Waals surface area contributed by atoms with Gasteiger partial charge in [0.15, 0.2) is 0 Å². The van der Waals surface area contributed by atoms with Crippen LogP contribution in [0.5, 0.6) is 5.75 Å². The largest absolute Gasteiger partial charge is 0.497 e. The van der Waals surface area contributed by atoms with Crippen molar-refractivity contribution in [1.29, 1.82) is 0 Å². The van der Waals surface area contributed by atoms with E-state index in [-0.39, 0.29) is 11.8 Å². The number of thiocarbonyl (C=S) groups is 1. The van der Waals surface area contributed by atoms with Crippen LogP contribution < -0.4 is 10.1 Å². The molecule has 1 aliphatic heterocycles. The Hall–Kier alpha value is -2.64. The Balaban J connectivity index is 1.56. The van der Waals surface area contributed by atoms with Gasteiger partial charge in [-0.2, -0.15) is 0 Å². The molecule has 0 aromatic heterocycles. The molecule has 0 atom stereocenters. The average Bonchev–Trinajstić information content (AvgIpc) is 2.99. The summed E-state index contributed by atoms with van der Waals surface area (Å²) in [6.45, 7) is 4.42. The summed E-state index contributed by atoms with van der Waals surface area (Å²) in [6, 6.07) is 13.3. The number of rotatable bonds is 7. The van der Waals surface area contributed by atoms with E-state index in [4.69, 9.17) is 17.0 Å². The first-order valence-electron chi connectivity index (χ1n) is 9.64. The van der Waals surface area contributed by atoms with E-state index in [1.165, 1.54) is 11.8 Å². The number of ether oxygens (including phenoxy) is 1. The summed E-state index contributed by atoms with van der Waals surface area (Å²) in [6.07, 6.45) is 2.67. The lowest BCUT2D eigenvalue weighted by Gasteiger charge is -2.14. The van der Waals surface area contributed by atoms with Crippen LogP contribution in [0, 0.1) is 13.8 Å². The lowest BCUT2D eigenvalue weighted by molar-refractivity contribution is -0.122. The molecule has 0 spiro atoms. The molecule has 1 N–H and O–H groups in total. The van der Waals surface area contributed by atoms with E-state index in [2.05, 4.69) is 5.32 Å². The van der Waals surface area contributed by atoms with Gasteiger partial charge in [0.25, 0.3) is 5.91 Å². The van der Waals surface area contributed by atoms with Crippen molar-refractivity contribution in [3.8, 4) is 5.75 Å². The number of nitrogens with zero attached hydrogens (tertiary/aromatic N) is 1. The number of amides is 2. The van der Waals surface area contributed by atoms with Crippen LogP contribution >= 0.6 is 24.0 Å². The van der Waals surface area contributed by atoms with Gasteiger partial charge in [-0.3, -0.25) is 14.5 Å². The minimum absolute atomic E-state index is 0.0685. The minimum atomic E-state index is -0.122. The van der Waals surface area contributed by atoms with Gasteiger partial charge < -0.3 is 10.1 Å². The molecule has 156 valence electrons. The molecule has 2 aromatic carbocycles. The number of methoxy groups -OCH3 is 1. The van der Waals surface area contributed by atoms with Crippen LogP contribution in [-0.4, -0.2) is 34.7 Å². The number of carbonyl (C=O) groups excluding carboxylic acids is 2. The molecule has 0 saturated carbocycles. The lowest BCUT2D eigenvalue weighted by Crippen LogP contribution is -2.29. The third-order valence-electron chi connectivity index (χ3n) is 4.93. The van der Waals surface area contributed by atoms with Crippen LogP contribution in [0.3, 0.4) is 0 Å². The quantitative estimate of drug-likeness (QED) is 0.489. The predicted octanol–water partition coefficient (Wildman–Crippen LogP) is 4.93. The van der Waals surface area contributed by atoms with Crippen molar-refractivity contribution in [2.24, 2.45) is 0 Å². The van der Waals surface area contributed by atoms with Crippen molar-refractivity contribution >= 4 is 51.9 Å². The van der Waals surface area contributed by atoms with Gasteiger partial charge in [0.1, 0.15) is 10.1 Å². The lowest BCUT2D eigenvalue weighted by atomic mass is 10.1. The Morgan fingerprint density at radius 2 is 2.00 bits per heavy atom. The van der Waals surface area contributed by atoms with Crippen molar-refractivity contribution in [1.82, 2.24) is 4.90 Å². The zero-order valence-corrected chi connectivity index (χ0v) is 18.9. The highest BCUT2D eigenvalue weighted by Crippen LogP contribution is 2.33. The number of benzene rings is 2. The highest BCUT2D eigenvalue weighted by molar-refractivity contribution is 8.26. The molecule has 5 nitrogen and oxygen atoms in total.